The van der Waals surface area contributed by atoms with E-state index in [0.717, 1.165) is 12.8 Å². The molecule has 1 amide bonds. The Morgan fingerprint density at radius 2 is 2.12 bits per heavy atom. The fourth-order valence-corrected chi connectivity index (χ4v) is 2.26. The van der Waals surface area contributed by atoms with Gasteiger partial charge >= 0.3 is 5.97 Å². The number of rotatable bonds is 5. The molecule has 5 nitrogen and oxygen atoms in total. The van der Waals surface area contributed by atoms with Crippen molar-refractivity contribution in [2.45, 2.75) is 44.2 Å². The van der Waals surface area contributed by atoms with Gasteiger partial charge in [-0.25, -0.2) is 4.79 Å². The lowest BCUT2D eigenvalue weighted by atomic mass is 10.2. The molecule has 1 atom stereocenters. The van der Waals surface area contributed by atoms with Gasteiger partial charge in [-0.05, 0) is 25.7 Å². The van der Waals surface area contributed by atoms with Gasteiger partial charge in [-0.2, -0.15) is 0 Å². The van der Waals surface area contributed by atoms with Gasteiger partial charge in [0.05, 0.1) is 7.11 Å². The Morgan fingerprint density at radius 3 is 2.76 bits per heavy atom. The van der Waals surface area contributed by atoms with E-state index in [1.807, 2.05) is 0 Å². The summed E-state index contributed by atoms with van der Waals surface area (Å²) in [4.78, 5) is 25.1. The van der Waals surface area contributed by atoms with Crippen LogP contribution < -0.4 is 5.32 Å². The number of hydrogen-bond acceptors (Lipinski definition) is 4. The molecule has 0 bridgehead atoms. The van der Waals surface area contributed by atoms with Gasteiger partial charge in [0.15, 0.2) is 0 Å². The van der Waals surface area contributed by atoms with Crippen LogP contribution in [0.25, 0.3) is 0 Å². The van der Waals surface area contributed by atoms with Crippen molar-refractivity contribution in [2.75, 3.05) is 20.2 Å². The van der Waals surface area contributed by atoms with E-state index in [1.54, 1.807) is 4.90 Å². The molecule has 2 rings (SSSR count). The average Bonchev–Trinajstić information content (AvgIpc) is 3.02. The molecule has 5 heteroatoms. The van der Waals surface area contributed by atoms with Crippen LogP contribution in [0.1, 0.15) is 32.1 Å². The van der Waals surface area contributed by atoms with E-state index < -0.39 is 0 Å². The smallest absolute Gasteiger partial charge is 0.328 e. The third-order valence-electron chi connectivity index (χ3n) is 3.40. The number of likely N-dealkylation sites (tertiary alicyclic amines) is 1. The van der Waals surface area contributed by atoms with Crippen LogP contribution >= 0.6 is 0 Å². The second-order valence-corrected chi connectivity index (χ2v) is 4.75. The van der Waals surface area contributed by atoms with Crippen LogP contribution in [0.5, 0.6) is 0 Å². The van der Waals surface area contributed by atoms with Gasteiger partial charge in [-0.1, -0.05) is 0 Å². The summed E-state index contributed by atoms with van der Waals surface area (Å²) >= 11 is 0. The summed E-state index contributed by atoms with van der Waals surface area (Å²) in [6.45, 7) is 1.40. The highest BCUT2D eigenvalue weighted by molar-refractivity contribution is 5.85. The first-order chi connectivity index (χ1) is 8.22. The summed E-state index contributed by atoms with van der Waals surface area (Å²) in [6, 6.07) is 0.270. The second kappa shape index (κ2) is 5.49. The third-order valence-corrected chi connectivity index (χ3v) is 3.40. The Balaban J connectivity index is 1.77. The first kappa shape index (κ1) is 12.4. The molecule has 1 saturated carbocycles. The predicted octanol–water partition coefficient (Wildman–Crippen LogP) is 0.293. The van der Waals surface area contributed by atoms with E-state index in [1.165, 1.54) is 20.0 Å². The molecule has 1 unspecified atom stereocenters. The summed E-state index contributed by atoms with van der Waals surface area (Å²) in [7, 11) is 1.37. The highest BCUT2D eigenvalue weighted by Gasteiger charge is 2.34. The largest absolute Gasteiger partial charge is 0.467 e. The second-order valence-electron chi connectivity index (χ2n) is 4.75. The SMILES string of the molecule is COC(=O)C1CCCN1C(=O)CCNC1CC1. The third kappa shape index (κ3) is 3.19. The minimum absolute atomic E-state index is 0.0612. The van der Waals surface area contributed by atoms with Gasteiger partial charge in [0.1, 0.15) is 6.04 Å². The predicted molar refractivity (Wildman–Crippen MR) is 62.4 cm³/mol. The van der Waals surface area contributed by atoms with Crippen LogP contribution in [0.2, 0.25) is 0 Å². The van der Waals surface area contributed by atoms with Crippen molar-refractivity contribution >= 4 is 11.9 Å². The fraction of sp³-hybridized carbons (Fsp3) is 0.833. The van der Waals surface area contributed by atoms with Crippen molar-refractivity contribution in [3.63, 3.8) is 0 Å². The van der Waals surface area contributed by atoms with E-state index in [9.17, 15) is 9.59 Å². The fourth-order valence-electron chi connectivity index (χ4n) is 2.26. The molecule has 17 heavy (non-hydrogen) atoms. The molecule has 0 spiro atoms. The van der Waals surface area contributed by atoms with Gasteiger partial charge in [-0.15, -0.1) is 0 Å². The molecule has 2 aliphatic rings. The van der Waals surface area contributed by atoms with E-state index in [-0.39, 0.29) is 17.9 Å². The molecule has 1 aliphatic heterocycles. The van der Waals surface area contributed by atoms with Gasteiger partial charge in [0.25, 0.3) is 0 Å². The quantitative estimate of drug-likeness (QED) is 0.702. The number of nitrogens with one attached hydrogen (secondary N) is 1. The summed E-state index contributed by atoms with van der Waals surface area (Å²) in [6.07, 6.45) is 4.55. The Kier molecular flexibility index (Phi) is 3.99. The number of ether oxygens (including phenoxy) is 1. The molecule has 1 aliphatic carbocycles. The maximum Gasteiger partial charge on any atom is 0.328 e. The lowest BCUT2D eigenvalue weighted by Gasteiger charge is -2.22. The zero-order valence-corrected chi connectivity index (χ0v) is 10.3. The molecular weight excluding hydrogens is 220 g/mol. The minimum Gasteiger partial charge on any atom is -0.467 e. The lowest BCUT2D eigenvalue weighted by Crippen LogP contribution is -2.42. The summed E-state index contributed by atoms with van der Waals surface area (Å²) in [5.74, 6) is -0.225. The average molecular weight is 240 g/mol. The maximum atomic E-state index is 12.0. The van der Waals surface area contributed by atoms with E-state index >= 15 is 0 Å². The minimum atomic E-state index is -0.353. The molecule has 96 valence electrons. The number of carbonyl (C=O) groups is 2. The topological polar surface area (TPSA) is 58.6 Å². The van der Waals surface area contributed by atoms with Crippen molar-refractivity contribution < 1.29 is 14.3 Å². The highest BCUT2D eigenvalue weighted by atomic mass is 16.5. The maximum absolute atomic E-state index is 12.0. The normalized spacial score (nSPS) is 23.8. The van der Waals surface area contributed by atoms with E-state index in [0.29, 0.717) is 25.6 Å². The number of methoxy groups -OCH3 is 1. The Hall–Kier alpha value is -1.10. The molecule has 1 saturated heterocycles. The van der Waals surface area contributed by atoms with Crippen LogP contribution in [-0.2, 0) is 14.3 Å². The number of esters is 1. The van der Waals surface area contributed by atoms with Gasteiger partial charge in [0, 0.05) is 25.6 Å². The first-order valence-corrected chi connectivity index (χ1v) is 6.33. The van der Waals surface area contributed by atoms with Gasteiger partial charge in [0.2, 0.25) is 5.91 Å². The van der Waals surface area contributed by atoms with Crippen LogP contribution in [0.4, 0.5) is 0 Å². The zero-order chi connectivity index (χ0) is 12.3. The molecule has 0 aromatic carbocycles. The van der Waals surface area contributed by atoms with Crippen molar-refractivity contribution in [1.82, 2.24) is 10.2 Å². The van der Waals surface area contributed by atoms with Gasteiger partial charge in [-0.3, -0.25) is 4.79 Å². The molecule has 1 heterocycles. The summed E-state index contributed by atoms with van der Waals surface area (Å²) in [5.41, 5.74) is 0. The van der Waals surface area contributed by atoms with Crippen LogP contribution in [0.15, 0.2) is 0 Å². The molecule has 0 aromatic rings. The van der Waals surface area contributed by atoms with Crippen LogP contribution in [0, 0.1) is 0 Å². The standard InChI is InChI=1S/C12H20N2O3/c1-17-12(16)10-3-2-8-14(10)11(15)6-7-13-9-4-5-9/h9-10,13H,2-8H2,1H3. The number of nitrogens with zero attached hydrogens (tertiary/aromatic N) is 1. The van der Waals surface area contributed by atoms with Crippen LogP contribution in [-0.4, -0.2) is 49.1 Å². The molecule has 1 N–H and O–H groups in total. The lowest BCUT2D eigenvalue weighted by molar-refractivity contribution is -0.150. The number of hydrogen-bond donors (Lipinski definition) is 1. The van der Waals surface area contributed by atoms with Crippen LogP contribution in [0.3, 0.4) is 0 Å². The summed E-state index contributed by atoms with van der Waals surface area (Å²) < 4.78 is 4.72. The highest BCUT2D eigenvalue weighted by Crippen LogP contribution is 2.20. The van der Waals surface area contributed by atoms with E-state index in [2.05, 4.69) is 5.32 Å². The Labute approximate surface area is 101 Å². The monoisotopic (exact) mass is 240 g/mol. The number of carbonyl (C=O) groups excluding carboxylic acids is 2. The van der Waals surface area contributed by atoms with E-state index in [4.69, 9.17) is 4.74 Å². The summed E-state index contributed by atoms with van der Waals surface area (Å²) in [5, 5.41) is 3.31. The molecule has 0 radical (unpaired) electrons. The van der Waals surface area contributed by atoms with Crippen molar-refractivity contribution in [2.24, 2.45) is 0 Å². The molecule has 0 aromatic heterocycles. The van der Waals surface area contributed by atoms with Crippen molar-refractivity contribution in [3.05, 3.63) is 0 Å². The van der Waals surface area contributed by atoms with Crippen molar-refractivity contribution in [3.8, 4) is 0 Å². The molecule has 2 fully saturated rings. The Morgan fingerprint density at radius 1 is 1.35 bits per heavy atom. The number of amides is 1. The zero-order valence-electron chi connectivity index (χ0n) is 10.3. The van der Waals surface area contributed by atoms with Gasteiger partial charge < -0.3 is 15.0 Å². The molecular formula is C12H20N2O3. The van der Waals surface area contributed by atoms with Crippen molar-refractivity contribution in [1.29, 1.82) is 0 Å². The Bertz CT molecular complexity index is 302. The first-order valence-electron chi connectivity index (χ1n) is 6.33.